The number of rotatable bonds is 5. The van der Waals surface area contributed by atoms with E-state index < -0.39 is 5.97 Å². The molecule has 0 saturated carbocycles. The van der Waals surface area contributed by atoms with Gasteiger partial charge in [-0.05, 0) is 24.3 Å². The van der Waals surface area contributed by atoms with Crippen LogP contribution in [0.3, 0.4) is 0 Å². The van der Waals surface area contributed by atoms with E-state index in [1.807, 2.05) is 11.5 Å². The van der Waals surface area contributed by atoms with Gasteiger partial charge in [0.25, 0.3) is 5.82 Å². The fourth-order valence-electron chi connectivity index (χ4n) is 1.57. The van der Waals surface area contributed by atoms with Crippen LogP contribution in [0.5, 0.6) is 0 Å². The topological polar surface area (TPSA) is 87.7 Å². The van der Waals surface area contributed by atoms with E-state index in [-0.39, 0.29) is 5.82 Å². The fraction of sp³-hybridized carbons (Fsp3) is 0.500. The lowest BCUT2D eigenvalue weighted by Gasteiger charge is -2.06. The zero-order valence-corrected chi connectivity index (χ0v) is 10.3. The van der Waals surface area contributed by atoms with Crippen LogP contribution in [0.4, 0.5) is 0 Å². The summed E-state index contributed by atoms with van der Waals surface area (Å²) in [5, 5.41) is 10.9. The van der Waals surface area contributed by atoms with E-state index in [4.69, 9.17) is 4.74 Å². The van der Waals surface area contributed by atoms with Crippen molar-refractivity contribution < 1.29 is 9.53 Å². The number of tetrazole rings is 1. The van der Waals surface area contributed by atoms with E-state index in [0.717, 1.165) is 12.2 Å². The molecule has 0 N–H and O–H groups in total. The van der Waals surface area contributed by atoms with Crippen LogP contribution < -0.4 is 0 Å². The number of carbonyl (C=O) groups is 1. The van der Waals surface area contributed by atoms with Crippen LogP contribution in [0.25, 0.3) is 0 Å². The van der Waals surface area contributed by atoms with Crippen molar-refractivity contribution in [2.45, 2.75) is 26.9 Å². The van der Waals surface area contributed by atoms with Gasteiger partial charge in [-0.3, -0.25) is 0 Å². The van der Waals surface area contributed by atoms with Crippen molar-refractivity contribution in [3.05, 3.63) is 24.0 Å². The molecule has 0 atom stereocenters. The summed E-state index contributed by atoms with van der Waals surface area (Å²) < 4.78 is 8.24. The predicted octanol–water partition coefficient (Wildman–Crippen LogP) is 0.114. The monoisotopic (exact) mass is 250 g/mol. The van der Waals surface area contributed by atoms with Gasteiger partial charge in [-0.15, -0.1) is 5.10 Å². The lowest BCUT2D eigenvalue weighted by Crippen LogP contribution is -2.16. The SMILES string of the molecule is CCOC(=O)c1nnnn1Cc1cncn1CC. The maximum atomic E-state index is 11.6. The van der Waals surface area contributed by atoms with E-state index >= 15 is 0 Å². The molecule has 0 aliphatic rings. The Labute approximate surface area is 104 Å². The molecular formula is C10H14N6O2. The van der Waals surface area contributed by atoms with Crippen LogP contribution in [0, 0.1) is 0 Å². The van der Waals surface area contributed by atoms with E-state index in [2.05, 4.69) is 20.5 Å². The molecule has 0 bridgehead atoms. The van der Waals surface area contributed by atoms with Gasteiger partial charge in [0.1, 0.15) is 0 Å². The minimum atomic E-state index is -0.523. The third-order valence-corrected chi connectivity index (χ3v) is 2.44. The zero-order chi connectivity index (χ0) is 13.0. The smallest absolute Gasteiger partial charge is 0.378 e. The molecule has 0 unspecified atom stereocenters. The van der Waals surface area contributed by atoms with Gasteiger partial charge in [0, 0.05) is 6.54 Å². The van der Waals surface area contributed by atoms with Crippen molar-refractivity contribution in [1.29, 1.82) is 0 Å². The Hall–Kier alpha value is -2.25. The Morgan fingerprint density at radius 2 is 2.28 bits per heavy atom. The number of esters is 1. The number of carbonyl (C=O) groups excluding carboxylic acids is 1. The number of ether oxygens (including phenoxy) is 1. The first-order valence-corrected chi connectivity index (χ1v) is 5.68. The summed E-state index contributed by atoms with van der Waals surface area (Å²) in [6, 6.07) is 0. The zero-order valence-electron chi connectivity index (χ0n) is 10.3. The number of hydrogen-bond donors (Lipinski definition) is 0. The van der Waals surface area contributed by atoms with Crippen LogP contribution in [0.1, 0.15) is 30.2 Å². The second-order valence-electron chi connectivity index (χ2n) is 3.55. The largest absolute Gasteiger partial charge is 0.460 e. The fourth-order valence-corrected chi connectivity index (χ4v) is 1.57. The minimum absolute atomic E-state index is 0.0979. The quantitative estimate of drug-likeness (QED) is 0.700. The number of hydrogen-bond acceptors (Lipinski definition) is 6. The molecule has 0 radical (unpaired) electrons. The molecule has 2 aromatic rings. The van der Waals surface area contributed by atoms with Crippen LogP contribution >= 0.6 is 0 Å². The number of aryl methyl sites for hydroxylation is 1. The standard InChI is InChI=1S/C10H14N6O2/c1-3-15-7-11-5-8(15)6-16-9(12-13-14-16)10(17)18-4-2/h5,7H,3-4,6H2,1-2H3. The predicted molar refractivity (Wildman–Crippen MR) is 60.8 cm³/mol. The normalized spacial score (nSPS) is 10.6. The first-order chi connectivity index (χ1) is 8.76. The third-order valence-electron chi connectivity index (χ3n) is 2.44. The Morgan fingerprint density at radius 1 is 1.44 bits per heavy atom. The molecule has 0 saturated heterocycles. The molecule has 0 aliphatic carbocycles. The summed E-state index contributed by atoms with van der Waals surface area (Å²) in [5.41, 5.74) is 0.926. The van der Waals surface area contributed by atoms with Gasteiger partial charge in [0.05, 0.1) is 31.4 Å². The van der Waals surface area contributed by atoms with Gasteiger partial charge in [-0.2, -0.15) is 0 Å². The molecule has 2 aromatic heterocycles. The highest BCUT2D eigenvalue weighted by Crippen LogP contribution is 2.04. The Morgan fingerprint density at radius 3 is 3.00 bits per heavy atom. The molecule has 8 nitrogen and oxygen atoms in total. The van der Waals surface area contributed by atoms with Gasteiger partial charge in [-0.1, -0.05) is 0 Å². The van der Waals surface area contributed by atoms with Gasteiger partial charge in [0.15, 0.2) is 0 Å². The third kappa shape index (κ3) is 2.36. The molecule has 18 heavy (non-hydrogen) atoms. The van der Waals surface area contributed by atoms with E-state index in [1.165, 1.54) is 4.68 Å². The summed E-state index contributed by atoms with van der Waals surface area (Å²) in [7, 11) is 0. The summed E-state index contributed by atoms with van der Waals surface area (Å²) in [4.78, 5) is 15.7. The highest BCUT2D eigenvalue weighted by Gasteiger charge is 2.17. The van der Waals surface area contributed by atoms with Gasteiger partial charge < -0.3 is 9.30 Å². The highest BCUT2D eigenvalue weighted by molar-refractivity contribution is 5.85. The molecule has 8 heteroatoms. The van der Waals surface area contributed by atoms with E-state index in [9.17, 15) is 4.79 Å². The average Bonchev–Trinajstić information content (AvgIpc) is 2.98. The van der Waals surface area contributed by atoms with Gasteiger partial charge in [0.2, 0.25) is 0 Å². The molecule has 2 heterocycles. The molecule has 0 aromatic carbocycles. The second kappa shape index (κ2) is 5.39. The van der Waals surface area contributed by atoms with Crippen molar-refractivity contribution >= 4 is 5.97 Å². The Kier molecular flexibility index (Phi) is 3.66. The molecule has 0 spiro atoms. The number of imidazole rings is 1. The molecular weight excluding hydrogens is 236 g/mol. The number of nitrogens with zero attached hydrogens (tertiary/aromatic N) is 6. The molecule has 0 amide bonds. The van der Waals surface area contributed by atoms with Crippen LogP contribution in [-0.2, 0) is 17.8 Å². The van der Waals surface area contributed by atoms with Crippen molar-refractivity contribution in [2.24, 2.45) is 0 Å². The lowest BCUT2D eigenvalue weighted by molar-refractivity contribution is 0.0505. The Balaban J connectivity index is 2.20. The molecule has 2 rings (SSSR count). The van der Waals surface area contributed by atoms with Crippen molar-refractivity contribution in [3.8, 4) is 0 Å². The highest BCUT2D eigenvalue weighted by atomic mass is 16.5. The second-order valence-corrected chi connectivity index (χ2v) is 3.55. The number of aromatic nitrogens is 6. The first kappa shape index (κ1) is 12.2. The van der Waals surface area contributed by atoms with Gasteiger partial charge >= 0.3 is 5.97 Å². The molecule has 0 aliphatic heterocycles. The van der Waals surface area contributed by atoms with Crippen molar-refractivity contribution in [2.75, 3.05) is 6.61 Å². The summed E-state index contributed by atoms with van der Waals surface area (Å²) in [6.07, 6.45) is 3.45. The van der Waals surface area contributed by atoms with E-state index in [0.29, 0.717) is 13.2 Å². The Bertz CT molecular complexity index is 532. The average molecular weight is 250 g/mol. The van der Waals surface area contributed by atoms with Crippen LogP contribution in [0.2, 0.25) is 0 Å². The van der Waals surface area contributed by atoms with Crippen molar-refractivity contribution in [3.63, 3.8) is 0 Å². The summed E-state index contributed by atoms with van der Waals surface area (Å²) >= 11 is 0. The lowest BCUT2D eigenvalue weighted by atomic mass is 10.4. The van der Waals surface area contributed by atoms with Crippen LogP contribution in [0.15, 0.2) is 12.5 Å². The molecule has 96 valence electrons. The minimum Gasteiger partial charge on any atom is -0.460 e. The van der Waals surface area contributed by atoms with Crippen molar-refractivity contribution in [1.82, 2.24) is 29.8 Å². The molecule has 0 fully saturated rings. The van der Waals surface area contributed by atoms with Crippen LogP contribution in [-0.4, -0.2) is 42.3 Å². The summed E-state index contributed by atoms with van der Waals surface area (Å²) in [5.74, 6) is -0.425. The van der Waals surface area contributed by atoms with E-state index in [1.54, 1.807) is 19.4 Å². The maximum absolute atomic E-state index is 11.6. The first-order valence-electron chi connectivity index (χ1n) is 5.68. The maximum Gasteiger partial charge on any atom is 0.378 e. The van der Waals surface area contributed by atoms with Gasteiger partial charge in [-0.25, -0.2) is 14.5 Å². The summed E-state index contributed by atoms with van der Waals surface area (Å²) in [6.45, 7) is 5.22.